The highest BCUT2D eigenvalue weighted by Crippen LogP contribution is 2.44. The molecule has 4 nitrogen and oxygen atoms in total. The molecule has 4 rings (SSSR count). The summed E-state index contributed by atoms with van der Waals surface area (Å²) >= 11 is 0. The first-order chi connectivity index (χ1) is 11.9. The minimum atomic E-state index is -0.0774. The van der Waals surface area contributed by atoms with Gasteiger partial charge in [0.25, 0.3) is 0 Å². The summed E-state index contributed by atoms with van der Waals surface area (Å²) < 4.78 is 2.36. The van der Waals surface area contributed by atoms with E-state index in [4.69, 9.17) is 0 Å². The van der Waals surface area contributed by atoms with Gasteiger partial charge in [-0.2, -0.15) is 0 Å². The quantitative estimate of drug-likeness (QED) is 0.854. The lowest BCUT2D eigenvalue weighted by Gasteiger charge is -2.47. The summed E-state index contributed by atoms with van der Waals surface area (Å²) in [5.74, 6) is 0.344. The SMILES string of the molecule is Cc1ccc2c(c1C)-n1cccc1C1(CCN(C(=O)C(C)C)CC1)N2. The average Bonchev–Trinajstić information content (AvgIpc) is 3.09. The number of rotatable bonds is 1. The summed E-state index contributed by atoms with van der Waals surface area (Å²) in [6.07, 6.45) is 4.07. The number of anilines is 1. The van der Waals surface area contributed by atoms with Crippen molar-refractivity contribution in [2.24, 2.45) is 5.92 Å². The molecule has 0 unspecified atom stereocenters. The summed E-state index contributed by atoms with van der Waals surface area (Å²) in [5, 5.41) is 3.85. The third-order valence-corrected chi connectivity index (χ3v) is 5.98. The lowest BCUT2D eigenvalue weighted by Crippen LogP contribution is -2.51. The number of hydrogen-bond acceptors (Lipinski definition) is 2. The lowest BCUT2D eigenvalue weighted by molar-refractivity contribution is -0.136. The standard InChI is InChI=1S/C21H27N3O/c1-14(2)20(25)23-12-9-21(10-13-23)18-6-5-11-24(18)19-16(4)15(3)7-8-17(19)22-21/h5-8,11,14,22H,9-10,12-13H2,1-4H3. The highest BCUT2D eigenvalue weighted by atomic mass is 16.2. The molecule has 3 heterocycles. The minimum absolute atomic E-state index is 0.0728. The number of benzene rings is 1. The van der Waals surface area contributed by atoms with Crippen LogP contribution in [0.1, 0.15) is 43.5 Å². The number of piperidine rings is 1. The molecule has 25 heavy (non-hydrogen) atoms. The topological polar surface area (TPSA) is 37.3 Å². The maximum Gasteiger partial charge on any atom is 0.225 e. The van der Waals surface area contributed by atoms with Gasteiger partial charge in [0.1, 0.15) is 0 Å². The number of nitrogens with one attached hydrogen (secondary N) is 1. The second-order valence-electron chi connectivity index (χ2n) is 7.85. The van der Waals surface area contributed by atoms with E-state index in [0.29, 0.717) is 0 Å². The van der Waals surface area contributed by atoms with Crippen LogP contribution in [0.2, 0.25) is 0 Å². The van der Waals surface area contributed by atoms with E-state index in [-0.39, 0.29) is 17.4 Å². The fourth-order valence-electron chi connectivity index (χ4n) is 4.36. The lowest BCUT2D eigenvalue weighted by atomic mass is 9.81. The maximum atomic E-state index is 12.3. The number of hydrogen-bond donors (Lipinski definition) is 1. The Labute approximate surface area is 149 Å². The molecule has 0 aliphatic carbocycles. The van der Waals surface area contributed by atoms with Gasteiger partial charge in [0.2, 0.25) is 5.91 Å². The van der Waals surface area contributed by atoms with Gasteiger partial charge in [-0.15, -0.1) is 0 Å². The summed E-state index contributed by atoms with van der Waals surface area (Å²) in [5.41, 5.74) is 6.36. The summed E-state index contributed by atoms with van der Waals surface area (Å²) in [7, 11) is 0. The summed E-state index contributed by atoms with van der Waals surface area (Å²) in [4.78, 5) is 14.4. The second kappa shape index (κ2) is 5.65. The molecule has 1 saturated heterocycles. The molecule has 2 aromatic rings. The zero-order valence-corrected chi connectivity index (χ0v) is 15.6. The van der Waals surface area contributed by atoms with E-state index >= 15 is 0 Å². The van der Waals surface area contributed by atoms with Crippen LogP contribution >= 0.6 is 0 Å². The number of aromatic nitrogens is 1. The number of fused-ring (bicyclic) bond motifs is 4. The molecule has 4 heteroatoms. The van der Waals surface area contributed by atoms with Crippen molar-refractivity contribution in [1.82, 2.24) is 9.47 Å². The summed E-state index contributed by atoms with van der Waals surface area (Å²) in [6.45, 7) is 9.96. The third-order valence-electron chi connectivity index (χ3n) is 5.98. The van der Waals surface area contributed by atoms with Gasteiger partial charge >= 0.3 is 0 Å². The maximum absolute atomic E-state index is 12.3. The first-order valence-electron chi connectivity index (χ1n) is 9.28. The largest absolute Gasteiger partial charge is 0.372 e. The zero-order valence-electron chi connectivity index (χ0n) is 15.6. The molecule has 1 N–H and O–H groups in total. The van der Waals surface area contributed by atoms with Crippen LogP contribution in [-0.4, -0.2) is 28.5 Å². The van der Waals surface area contributed by atoms with Gasteiger partial charge in [-0.3, -0.25) is 4.79 Å². The number of carbonyl (C=O) groups is 1. The van der Waals surface area contributed by atoms with Crippen molar-refractivity contribution >= 4 is 11.6 Å². The molecule has 0 atom stereocenters. The zero-order chi connectivity index (χ0) is 17.8. The van der Waals surface area contributed by atoms with E-state index in [0.717, 1.165) is 25.9 Å². The van der Waals surface area contributed by atoms with Crippen LogP contribution in [0.15, 0.2) is 30.5 Å². The number of carbonyl (C=O) groups excluding carboxylic acids is 1. The number of likely N-dealkylation sites (tertiary alicyclic amines) is 1. The van der Waals surface area contributed by atoms with Crippen molar-refractivity contribution in [3.8, 4) is 5.69 Å². The Bertz CT molecular complexity index is 826. The van der Waals surface area contributed by atoms with Gasteiger partial charge < -0.3 is 14.8 Å². The molecule has 0 bridgehead atoms. The molecule has 1 fully saturated rings. The highest BCUT2D eigenvalue weighted by molar-refractivity contribution is 5.78. The van der Waals surface area contributed by atoms with Crippen LogP contribution in [0.25, 0.3) is 5.69 Å². The third kappa shape index (κ3) is 2.38. The fraction of sp³-hybridized carbons (Fsp3) is 0.476. The molecule has 2 aliphatic rings. The van der Waals surface area contributed by atoms with E-state index in [1.54, 1.807) is 0 Å². The Kier molecular flexibility index (Phi) is 3.67. The number of nitrogens with zero attached hydrogens (tertiary/aromatic N) is 2. The Morgan fingerprint density at radius 1 is 1.16 bits per heavy atom. The van der Waals surface area contributed by atoms with Crippen molar-refractivity contribution in [1.29, 1.82) is 0 Å². The molecule has 1 aromatic carbocycles. The number of aryl methyl sites for hydroxylation is 1. The van der Waals surface area contributed by atoms with Crippen molar-refractivity contribution in [3.63, 3.8) is 0 Å². The Balaban J connectivity index is 1.70. The minimum Gasteiger partial charge on any atom is -0.372 e. The molecular weight excluding hydrogens is 310 g/mol. The normalized spacial score (nSPS) is 18.0. The first kappa shape index (κ1) is 16.2. The average molecular weight is 337 g/mol. The highest BCUT2D eigenvalue weighted by Gasteiger charge is 2.42. The molecule has 0 radical (unpaired) electrons. The van der Waals surface area contributed by atoms with Crippen molar-refractivity contribution in [2.45, 2.75) is 46.1 Å². The smallest absolute Gasteiger partial charge is 0.225 e. The monoisotopic (exact) mass is 337 g/mol. The molecular formula is C21H27N3O. The first-order valence-corrected chi connectivity index (χ1v) is 9.28. The molecule has 132 valence electrons. The number of amides is 1. The van der Waals surface area contributed by atoms with Gasteiger partial charge in [-0.25, -0.2) is 0 Å². The predicted molar refractivity (Wildman–Crippen MR) is 101 cm³/mol. The summed E-state index contributed by atoms with van der Waals surface area (Å²) in [6, 6.07) is 8.77. The van der Waals surface area contributed by atoms with E-state index in [1.165, 1.54) is 28.2 Å². The van der Waals surface area contributed by atoms with E-state index in [2.05, 4.69) is 54.2 Å². The van der Waals surface area contributed by atoms with Crippen LogP contribution in [0.3, 0.4) is 0 Å². The second-order valence-corrected chi connectivity index (χ2v) is 7.85. The molecule has 1 amide bonds. The molecule has 2 aliphatic heterocycles. The van der Waals surface area contributed by atoms with Crippen LogP contribution in [0.4, 0.5) is 5.69 Å². The van der Waals surface area contributed by atoms with Gasteiger partial charge in [0.15, 0.2) is 0 Å². The van der Waals surface area contributed by atoms with Crippen molar-refractivity contribution in [2.75, 3.05) is 18.4 Å². The van der Waals surface area contributed by atoms with Crippen molar-refractivity contribution < 1.29 is 4.79 Å². The van der Waals surface area contributed by atoms with Gasteiger partial charge in [0.05, 0.1) is 16.9 Å². The fourth-order valence-corrected chi connectivity index (χ4v) is 4.36. The molecule has 1 aromatic heterocycles. The van der Waals surface area contributed by atoms with Crippen molar-refractivity contribution in [3.05, 3.63) is 47.3 Å². The Morgan fingerprint density at radius 3 is 2.56 bits per heavy atom. The Morgan fingerprint density at radius 2 is 1.88 bits per heavy atom. The van der Waals surface area contributed by atoms with E-state index < -0.39 is 0 Å². The van der Waals surface area contributed by atoms with E-state index in [1.807, 2.05) is 18.7 Å². The van der Waals surface area contributed by atoms with Gasteiger partial charge in [-0.1, -0.05) is 19.9 Å². The van der Waals surface area contributed by atoms with Crippen LogP contribution < -0.4 is 5.32 Å². The Hall–Kier alpha value is -2.23. The molecule has 0 saturated carbocycles. The van der Waals surface area contributed by atoms with Crippen LogP contribution in [0, 0.1) is 19.8 Å². The van der Waals surface area contributed by atoms with Gasteiger partial charge in [0, 0.05) is 30.9 Å². The molecule has 1 spiro atoms. The van der Waals surface area contributed by atoms with Crippen LogP contribution in [0.5, 0.6) is 0 Å². The predicted octanol–water partition coefficient (Wildman–Crippen LogP) is 3.99. The van der Waals surface area contributed by atoms with Gasteiger partial charge in [-0.05, 0) is 56.0 Å². The van der Waals surface area contributed by atoms with E-state index in [9.17, 15) is 4.79 Å². The van der Waals surface area contributed by atoms with Crippen LogP contribution in [-0.2, 0) is 10.3 Å².